The van der Waals surface area contributed by atoms with E-state index < -0.39 is 17.8 Å². The first-order chi connectivity index (χ1) is 23.2. The summed E-state index contributed by atoms with van der Waals surface area (Å²) in [5.41, 5.74) is 2.25. The number of likely N-dealkylation sites (N-methyl/N-ethyl adjacent to an activating group) is 1. The summed E-state index contributed by atoms with van der Waals surface area (Å²) in [6.07, 6.45) is 2.40. The number of thiazole rings is 1. The van der Waals surface area contributed by atoms with Gasteiger partial charge in [-0.25, -0.2) is 28.9 Å². The molecule has 1 fully saturated rings. The lowest BCUT2D eigenvalue weighted by Gasteiger charge is -2.32. The number of fused-ring (bicyclic) bond motifs is 2. The predicted molar refractivity (Wildman–Crippen MR) is 183 cm³/mol. The van der Waals surface area contributed by atoms with E-state index in [1.54, 1.807) is 7.11 Å². The van der Waals surface area contributed by atoms with Crippen LogP contribution in [0.3, 0.4) is 0 Å². The number of hydroxylamine groups is 1. The number of aromatic nitrogens is 3. The number of halogens is 1. The van der Waals surface area contributed by atoms with Crippen LogP contribution in [0.4, 0.5) is 31.5 Å². The fourth-order valence-electron chi connectivity index (χ4n) is 5.23. The Bertz CT molecular complexity index is 1920. The van der Waals surface area contributed by atoms with Gasteiger partial charge in [0.05, 0.1) is 35.1 Å². The zero-order valence-electron chi connectivity index (χ0n) is 26.7. The fourth-order valence-corrected chi connectivity index (χ4v) is 6.12. The van der Waals surface area contributed by atoms with Crippen molar-refractivity contribution in [3.05, 3.63) is 66.7 Å². The van der Waals surface area contributed by atoms with Gasteiger partial charge in [-0.15, -0.1) is 5.06 Å². The van der Waals surface area contributed by atoms with E-state index >= 15 is 0 Å². The highest BCUT2D eigenvalue weighted by molar-refractivity contribution is 7.22. The maximum Gasteiger partial charge on any atom is 0.361 e. The molecule has 0 bridgehead atoms. The molecule has 250 valence electrons. The highest BCUT2D eigenvalue weighted by Gasteiger charge is 2.22. The molecule has 2 N–H and O–H groups in total. The molecule has 0 atom stereocenters. The maximum atomic E-state index is 13.4. The van der Waals surface area contributed by atoms with E-state index in [0.29, 0.717) is 35.0 Å². The van der Waals surface area contributed by atoms with Crippen LogP contribution in [0.1, 0.15) is 13.3 Å². The van der Waals surface area contributed by atoms with Crippen LogP contribution in [0.5, 0.6) is 11.5 Å². The first kappa shape index (κ1) is 32.8. The number of rotatable bonds is 10. The zero-order chi connectivity index (χ0) is 33.6. The third-order valence-electron chi connectivity index (χ3n) is 7.72. The van der Waals surface area contributed by atoms with Crippen LogP contribution < -0.4 is 25.2 Å². The number of ether oxygens (including phenoxy) is 2. The number of piperazine rings is 1. The summed E-state index contributed by atoms with van der Waals surface area (Å²) in [6.45, 7) is 7.04. The Morgan fingerprint density at radius 2 is 1.79 bits per heavy atom. The topological polar surface area (TPSA) is 134 Å². The van der Waals surface area contributed by atoms with Gasteiger partial charge in [0.2, 0.25) is 0 Å². The second-order valence-electron chi connectivity index (χ2n) is 11.2. The number of methoxy groups -OCH3 is 1. The SMILES string of the molecule is COc1cc2c(Nc3ccc4nc(NC(=O)N(OC(C)=O)c5ccc(F)cc5)sc4c3)ncnc2cc1OCCCN1CCN(C)CC1. The summed E-state index contributed by atoms with van der Waals surface area (Å²) in [6, 6.07) is 13.5. The predicted octanol–water partition coefficient (Wildman–Crippen LogP) is 5.66. The van der Waals surface area contributed by atoms with E-state index in [9.17, 15) is 14.0 Å². The number of nitrogens with zero attached hydrogens (tertiary/aromatic N) is 6. The van der Waals surface area contributed by atoms with Crippen molar-refractivity contribution in [3.63, 3.8) is 0 Å². The maximum absolute atomic E-state index is 13.4. The van der Waals surface area contributed by atoms with E-state index in [1.165, 1.54) is 29.8 Å². The van der Waals surface area contributed by atoms with Gasteiger partial charge < -0.3 is 29.4 Å². The Hall–Kier alpha value is -5.12. The molecule has 1 aliphatic rings. The molecule has 3 heterocycles. The second-order valence-corrected chi connectivity index (χ2v) is 12.2. The van der Waals surface area contributed by atoms with Gasteiger partial charge in [-0.3, -0.25) is 5.32 Å². The average molecular weight is 675 g/mol. The monoisotopic (exact) mass is 674 g/mol. The first-order valence-corrected chi connectivity index (χ1v) is 16.2. The number of hydrogen-bond donors (Lipinski definition) is 2. The van der Waals surface area contributed by atoms with Crippen LogP contribution >= 0.6 is 11.3 Å². The van der Waals surface area contributed by atoms with E-state index in [0.717, 1.165) is 79.0 Å². The van der Waals surface area contributed by atoms with Crippen molar-refractivity contribution in [3.8, 4) is 11.5 Å². The number of nitrogens with one attached hydrogen (secondary N) is 2. The zero-order valence-corrected chi connectivity index (χ0v) is 27.6. The number of hydrogen-bond acceptors (Lipinski definition) is 12. The summed E-state index contributed by atoms with van der Waals surface area (Å²) >= 11 is 1.23. The molecule has 0 radical (unpaired) electrons. The van der Waals surface area contributed by atoms with Crippen LogP contribution in [-0.4, -0.2) is 90.2 Å². The normalized spacial score (nSPS) is 13.8. The molecule has 6 rings (SSSR count). The molecule has 13 nitrogen and oxygen atoms in total. The fraction of sp³-hybridized carbons (Fsp3) is 0.303. The Kier molecular flexibility index (Phi) is 10.1. The summed E-state index contributed by atoms with van der Waals surface area (Å²) in [5, 5.41) is 7.79. The van der Waals surface area contributed by atoms with Gasteiger partial charge >= 0.3 is 12.0 Å². The Morgan fingerprint density at radius 1 is 1.00 bits per heavy atom. The molecular weight excluding hydrogens is 639 g/mol. The Balaban J connectivity index is 1.14. The minimum absolute atomic E-state index is 0.172. The molecule has 0 spiro atoms. The van der Waals surface area contributed by atoms with Crippen molar-refractivity contribution >= 4 is 66.8 Å². The molecule has 1 aliphatic heterocycles. The number of anilines is 4. The summed E-state index contributed by atoms with van der Waals surface area (Å²) in [5.74, 6) is 0.577. The van der Waals surface area contributed by atoms with Gasteiger partial charge in [0.25, 0.3) is 0 Å². The Labute approximate surface area is 280 Å². The quantitative estimate of drug-likeness (QED) is 0.140. The number of benzene rings is 3. The lowest BCUT2D eigenvalue weighted by Crippen LogP contribution is -2.44. The minimum Gasteiger partial charge on any atom is -0.493 e. The van der Waals surface area contributed by atoms with Crippen molar-refractivity contribution in [1.82, 2.24) is 24.8 Å². The summed E-state index contributed by atoms with van der Waals surface area (Å²) < 4.78 is 26.0. The van der Waals surface area contributed by atoms with E-state index in [1.807, 2.05) is 30.3 Å². The van der Waals surface area contributed by atoms with Gasteiger partial charge in [0, 0.05) is 56.8 Å². The minimum atomic E-state index is -0.769. The first-order valence-electron chi connectivity index (χ1n) is 15.3. The summed E-state index contributed by atoms with van der Waals surface area (Å²) in [4.78, 5) is 48.0. The van der Waals surface area contributed by atoms with Crippen LogP contribution in [0.15, 0.2) is 60.9 Å². The molecule has 2 amide bonds. The van der Waals surface area contributed by atoms with Crippen LogP contribution in [-0.2, 0) is 9.63 Å². The van der Waals surface area contributed by atoms with Gasteiger partial charge in [-0.05, 0) is 62.0 Å². The molecule has 15 heteroatoms. The van der Waals surface area contributed by atoms with Crippen molar-refractivity contribution in [2.45, 2.75) is 13.3 Å². The van der Waals surface area contributed by atoms with E-state index in [-0.39, 0.29) is 10.8 Å². The number of amides is 2. The lowest BCUT2D eigenvalue weighted by molar-refractivity contribution is -0.141. The highest BCUT2D eigenvalue weighted by atomic mass is 32.1. The Morgan fingerprint density at radius 3 is 2.54 bits per heavy atom. The largest absolute Gasteiger partial charge is 0.493 e. The van der Waals surface area contributed by atoms with Crippen LogP contribution in [0.25, 0.3) is 21.1 Å². The van der Waals surface area contributed by atoms with Crippen molar-refractivity contribution < 1.29 is 28.3 Å². The standard InChI is InChI=1S/C33H35FN8O5S/c1-21(43)47-42(24-8-5-22(34)6-9-24)33(44)39-32-38-26-10-7-23(17-30(26)48-32)37-31-25-18-28(45-3)29(19-27(25)35-20-36-31)46-16-4-11-41-14-12-40(2)13-15-41/h5-10,17-20H,4,11-16H2,1-3H3,(H,35,36,37)(H,38,39,44). The molecule has 1 saturated heterocycles. The van der Waals surface area contributed by atoms with Crippen molar-refractivity contribution in [1.29, 1.82) is 0 Å². The molecule has 3 aromatic carbocycles. The molecular formula is C33H35FN8O5S. The molecule has 5 aromatic rings. The van der Waals surface area contributed by atoms with Gasteiger partial charge in [-0.2, -0.15) is 0 Å². The smallest absolute Gasteiger partial charge is 0.361 e. The highest BCUT2D eigenvalue weighted by Crippen LogP contribution is 2.36. The average Bonchev–Trinajstić information content (AvgIpc) is 3.48. The number of carbonyl (C=O) groups excluding carboxylic acids is 2. The molecule has 0 saturated carbocycles. The third-order valence-corrected chi connectivity index (χ3v) is 8.66. The summed E-state index contributed by atoms with van der Waals surface area (Å²) in [7, 11) is 3.76. The molecule has 0 aliphatic carbocycles. The van der Waals surface area contributed by atoms with E-state index in [4.69, 9.17) is 14.3 Å². The van der Waals surface area contributed by atoms with Crippen LogP contribution in [0, 0.1) is 5.82 Å². The number of urea groups is 1. The van der Waals surface area contributed by atoms with Crippen LogP contribution in [0.2, 0.25) is 0 Å². The molecule has 2 aromatic heterocycles. The molecule has 0 unspecified atom stereocenters. The third kappa shape index (κ3) is 7.87. The van der Waals surface area contributed by atoms with Gasteiger partial charge in [0.15, 0.2) is 16.6 Å². The molecule has 48 heavy (non-hydrogen) atoms. The van der Waals surface area contributed by atoms with Gasteiger partial charge in [-0.1, -0.05) is 11.3 Å². The lowest BCUT2D eigenvalue weighted by atomic mass is 10.2. The number of carbonyl (C=O) groups is 2. The van der Waals surface area contributed by atoms with Gasteiger partial charge in [0.1, 0.15) is 18.0 Å². The van der Waals surface area contributed by atoms with E-state index in [2.05, 4.69) is 42.4 Å². The van der Waals surface area contributed by atoms with Crippen molar-refractivity contribution in [2.24, 2.45) is 0 Å². The second kappa shape index (κ2) is 14.8. The van der Waals surface area contributed by atoms with Crippen molar-refractivity contribution in [2.75, 3.05) is 69.2 Å².